The second-order valence-electron chi connectivity index (χ2n) is 4.35. The number of hydrogen-bond donors (Lipinski definition) is 1. The Morgan fingerprint density at radius 1 is 1.44 bits per heavy atom. The Bertz CT molecular complexity index is 338. The molecular formula is C12H18N4. The van der Waals surface area contributed by atoms with Crippen molar-refractivity contribution in [3.8, 4) is 6.07 Å². The molecule has 1 heterocycles. The van der Waals surface area contributed by atoms with E-state index in [0.29, 0.717) is 6.04 Å². The predicted octanol–water partition coefficient (Wildman–Crippen LogP) is 1.56. The van der Waals surface area contributed by atoms with Crippen LogP contribution >= 0.6 is 0 Å². The average Bonchev–Trinajstić information content (AvgIpc) is 2.83. The van der Waals surface area contributed by atoms with Gasteiger partial charge in [-0.15, -0.1) is 0 Å². The number of nitriles is 1. The van der Waals surface area contributed by atoms with Crippen molar-refractivity contribution < 1.29 is 0 Å². The number of nitrogens with zero attached hydrogens (tertiary/aromatic N) is 3. The Morgan fingerprint density at radius 2 is 2.31 bits per heavy atom. The first-order valence-electron chi connectivity index (χ1n) is 6.00. The van der Waals surface area contributed by atoms with Crippen molar-refractivity contribution in [3.05, 3.63) is 18.5 Å². The van der Waals surface area contributed by atoms with Crippen molar-refractivity contribution in [1.29, 1.82) is 5.26 Å². The molecule has 1 fully saturated rings. The molecule has 0 bridgehead atoms. The molecule has 16 heavy (non-hydrogen) atoms. The van der Waals surface area contributed by atoms with E-state index in [-0.39, 0.29) is 5.92 Å². The zero-order valence-corrected chi connectivity index (χ0v) is 9.47. The van der Waals surface area contributed by atoms with Crippen molar-refractivity contribution in [1.82, 2.24) is 15.1 Å². The van der Waals surface area contributed by atoms with Gasteiger partial charge in [-0.05, 0) is 18.9 Å². The summed E-state index contributed by atoms with van der Waals surface area (Å²) >= 11 is 0. The highest BCUT2D eigenvalue weighted by atomic mass is 15.3. The molecule has 1 N–H and O–H groups in total. The third kappa shape index (κ3) is 2.83. The van der Waals surface area contributed by atoms with E-state index in [0.717, 1.165) is 25.9 Å². The van der Waals surface area contributed by atoms with Gasteiger partial charge in [-0.1, -0.05) is 12.8 Å². The molecule has 86 valence electrons. The Balaban J connectivity index is 1.74. The van der Waals surface area contributed by atoms with Gasteiger partial charge in [-0.25, -0.2) is 0 Å². The lowest BCUT2D eigenvalue weighted by molar-refractivity contribution is 0.308. The Hall–Kier alpha value is -1.34. The number of aromatic nitrogens is 2. The van der Waals surface area contributed by atoms with Gasteiger partial charge in [0, 0.05) is 25.0 Å². The van der Waals surface area contributed by atoms with Crippen LogP contribution in [0.2, 0.25) is 0 Å². The minimum Gasteiger partial charge on any atom is -0.311 e. The summed E-state index contributed by atoms with van der Waals surface area (Å²) in [5, 5.41) is 16.7. The topological polar surface area (TPSA) is 53.6 Å². The maximum absolute atomic E-state index is 9.04. The van der Waals surface area contributed by atoms with E-state index in [2.05, 4.69) is 16.5 Å². The molecule has 0 aliphatic heterocycles. The number of hydrogen-bond acceptors (Lipinski definition) is 3. The standard InChI is InChI=1S/C12H18N4/c13-10-11-4-1-2-5-12(11)14-7-9-16-8-3-6-15-16/h3,6,8,11-12,14H,1-2,4-5,7,9H2. The van der Waals surface area contributed by atoms with E-state index in [1.54, 1.807) is 6.20 Å². The van der Waals surface area contributed by atoms with Crippen LogP contribution in [0.25, 0.3) is 0 Å². The van der Waals surface area contributed by atoms with Gasteiger partial charge in [0.1, 0.15) is 0 Å². The molecule has 1 aliphatic rings. The van der Waals surface area contributed by atoms with E-state index in [9.17, 15) is 0 Å². The molecule has 4 heteroatoms. The highest BCUT2D eigenvalue weighted by molar-refractivity contribution is 4.94. The van der Waals surface area contributed by atoms with E-state index < -0.39 is 0 Å². The normalized spacial score (nSPS) is 25.2. The maximum atomic E-state index is 9.04. The van der Waals surface area contributed by atoms with Crippen LogP contribution in [-0.4, -0.2) is 22.4 Å². The molecule has 2 rings (SSSR count). The first-order chi connectivity index (χ1) is 7.90. The lowest BCUT2D eigenvalue weighted by atomic mass is 9.85. The van der Waals surface area contributed by atoms with Crippen LogP contribution in [0.4, 0.5) is 0 Å². The number of nitrogens with one attached hydrogen (secondary N) is 1. The fraction of sp³-hybridized carbons (Fsp3) is 0.667. The molecule has 0 spiro atoms. The van der Waals surface area contributed by atoms with Crippen molar-refractivity contribution in [2.24, 2.45) is 5.92 Å². The van der Waals surface area contributed by atoms with Gasteiger partial charge in [-0.2, -0.15) is 10.4 Å². The Morgan fingerprint density at radius 3 is 3.06 bits per heavy atom. The summed E-state index contributed by atoms with van der Waals surface area (Å²) in [5.41, 5.74) is 0. The molecule has 0 saturated heterocycles. The first kappa shape index (κ1) is 11.2. The van der Waals surface area contributed by atoms with Gasteiger partial charge in [0.15, 0.2) is 0 Å². The van der Waals surface area contributed by atoms with Crippen LogP contribution in [-0.2, 0) is 6.54 Å². The molecule has 1 aromatic rings. The first-order valence-corrected chi connectivity index (χ1v) is 6.00. The van der Waals surface area contributed by atoms with Crippen molar-refractivity contribution in [2.75, 3.05) is 6.54 Å². The zero-order chi connectivity index (χ0) is 11.2. The molecule has 4 nitrogen and oxygen atoms in total. The molecular weight excluding hydrogens is 200 g/mol. The molecule has 1 aliphatic carbocycles. The van der Waals surface area contributed by atoms with E-state index in [1.165, 1.54) is 12.8 Å². The minimum atomic E-state index is 0.200. The summed E-state index contributed by atoms with van der Waals surface area (Å²) in [6, 6.07) is 4.73. The smallest absolute Gasteiger partial charge is 0.0672 e. The highest BCUT2D eigenvalue weighted by Crippen LogP contribution is 2.23. The van der Waals surface area contributed by atoms with Crippen LogP contribution in [0.15, 0.2) is 18.5 Å². The highest BCUT2D eigenvalue weighted by Gasteiger charge is 2.23. The Labute approximate surface area is 96.3 Å². The van der Waals surface area contributed by atoms with Crippen LogP contribution in [0.1, 0.15) is 25.7 Å². The summed E-state index contributed by atoms with van der Waals surface area (Å²) in [6.07, 6.45) is 8.39. The molecule has 0 radical (unpaired) electrons. The van der Waals surface area contributed by atoms with E-state index in [1.807, 2.05) is 16.9 Å². The van der Waals surface area contributed by atoms with Gasteiger partial charge in [-0.3, -0.25) is 4.68 Å². The summed E-state index contributed by atoms with van der Waals surface area (Å²) in [5.74, 6) is 0.200. The molecule has 1 saturated carbocycles. The molecule has 0 amide bonds. The lowest BCUT2D eigenvalue weighted by Gasteiger charge is -2.27. The van der Waals surface area contributed by atoms with E-state index >= 15 is 0 Å². The van der Waals surface area contributed by atoms with Crippen molar-refractivity contribution >= 4 is 0 Å². The van der Waals surface area contributed by atoms with Crippen LogP contribution in [0.5, 0.6) is 0 Å². The predicted molar refractivity (Wildman–Crippen MR) is 61.6 cm³/mol. The fourth-order valence-electron chi connectivity index (χ4n) is 2.33. The summed E-state index contributed by atoms with van der Waals surface area (Å²) in [6.45, 7) is 1.77. The number of rotatable bonds is 4. The van der Waals surface area contributed by atoms with Gasteiger partial charge in [0.05, 0.1) is 18.5 Å². The van der Waals surface area contributed by atoms with Gasteiger partial charge in [0.2, 0.25) is 0 Å². The van der Waals surface area contributed by atoms with Crippen molar-refractivity contribution in [3.63, 3.8) is 0 Å². The van der Waals surface area contributed by atoms with Gasteiger partial charge in [0.25, 0.3) is 0 Å². The minimum absolute atomic E-state index is 0.200. The zero-order valence-electron chi connectivity index (χ0n) is 9.47. The SMILES string of the molecule is N#CC1CCCCC1NCCn1cccn1. The van der Waals surface area contributed by atoms with Crippen molar-refractivity contribution in [2.45, 2.75) is 38.3 Å². The molecule has 2 unspecified atom stereocenters. The van der Waals surface area contributed by atoms with E-state index in [4.69, 9.17) is 5.26 Å². The Kier molecular flexibility index (Phi) is 3.95. The quantitative estimate of drug-likeness (QED) is 0.834. The lowest BCUT2D eigenvalue weighted by Crippen LogP contribution is -2.39. The second kappa shape index (κ2) is 5.66. The monoisotopic (exact) mass is 218 g/mol. The molecule has 2 atom stereocenters. The van der Waals surface area contributed by atoms with Crippen LogP contribution in [0, 0.1) is 17.2 Å². The fourth-order valence-corrected chi connectivity index (χ4v) is 2.33. The third-order valence-electron chi connectivity index (χ3n) is 3.24. The third-order valence-corrected chi connectivity index (χ3v) is 3.24. The van der Waals surface area contributed by atoms with Gasteiger partial charge < -0.3 is 5.32 Å². The summed E-state index contributed by atoms with van der Waals surface area (Å²) in [4.78, 5) is 0. The van der Waals surface area contributed by atoms with Gasteiger partial charge >= 0.3 is 0 Å². The van der Waals surface area contributed by atoms with Crippen LogP contribution < -0.4 is 5.32 Å². The summed E-state index contributed by atoms with van der Waals surface area (Å²) < 4.78 is 1.91. The maximum Gasteiger partial charge on any atom is 0.0672 e. The molecule has 0 aromatic carbocycles. The average molecular weight is 218 g/mol. The second-order valence-corrected chi connectivity index (χ2v) is 4.35. The largest absolute Gasteiger partial charge is 0.311 e. The molecule has 1 aromatic heterocycles. The van der Waals surface area contributed by atoms with Crippen LogP contribution in [0.3, 0.4) is 0 Å². The summed E-state index contributed by atoms with van der Waals surface area (Å²) in [7, 11) is 0.